The molecule has 2 fully saturated rings. The number of aliphatic hydroxyl groups is 1. The first-order valence-corrected chi connectivity index (χ1v) is 17.2. The summed E-state index contributed by atoms with van der Waals surface area (Å²) in [6, 6.07) is 14.8. The van der Waals surface area contributed by atoms with E-state index >= 15 is 4.39 Å². The number of aliphatic hydroxyl groups excluding tert-OH is 1. The summed E-state index contributed by atoms with van der Waals surface area (Å²) < 4.78 is 36.8. The van der Waals surface area contributed by atoms with Crippen molar-refractivity contribution >= 4 is 29.6 Å². The van der Waals surface area contributed by atoms with Gasteiger partial charge in [-0.05, 0) is 47.1 Å². The van der Waals surface area contributed by atoms with Gasteiger partial charge in [0.2, 0.25) is 5.91 Å². The first-order valence-electron chi connectivity index (χ1n) is 16.8. The number of esters is 1. The Bertz CT molecular complexity index is 1660. The molecule has 51 heavy (non-hydrogen) atoms. The van der Waals surface area contributed by atoms with E-state index in [1.54, 1.807) is 39.2 Å². The third-order valence-corrected chi connectivity index (χ3v) is 9.35. The molecule has 1 aromatic heterocycles. The van der Waals surface area contributed by atoms with Gasteiger partial charge in [0.15, 0.2) is 6.29 Å². The number of amides is 2. The highest BCUT2D eigenvalue weighted by molar-refractivity contribution is 6.30. The number of rotatable bonds is 13. The average Bonchev–Trinajstić information content (AvgIpc) is 3.72. The number of pyridine rings is 1. The minimum atomic E-state index is -1.35. The molecular formula is C37H44ClFN4O8. The first kappa shape index (κ1) is 38.1. The van der Waals surface area contributed by atoms with Gasteiger partial charge in [0.1, 0.15) is 17.8 Å². The highest BCUT2D eigenvalue weighted by Crippen LogP contribution is 2.33. The van der Waals surface area contributed by atoms with Crippen LogP contribution in [0.2, 0.25) is 5.02 Å². The summed E-state index contributed by atoms with van der Waals surface area (Å²) in [5.74, 6) is -3.35. The molecule has 3 heterocycles. The molecule has 0 saturated carbocycles. The fraction of sp³-hybridized carbons (Fsp3) is 0.459. The highest BCUT2D eigenvalue weighted by Gasteiger charge is 2.44. The van der Waals surface area contributed by atoms with E-state index in [2.05, 4.69) is 15.7 Å². The van der Waals surface area contributed by atoms with Crippen LogP contribution in [-0.4, -0.2) is 84.5 Å². The summed E-state index contributed by atoms with van der Waals surface area (Å²) in [6.45, 7) is 5.39. The smallest absolute Gasteiger partial charge is 0.422 e. The van der Waals surface area contributed by atoms with E-state index in [1.807, 2.05) is 36.4 Å². The molecular weight excluding hydrogens is 683 g/mol. The summed E-state index contributed by atoms with van der Waals surface area (Å²) in [4.78, 5) is 43.9. The number of aromatic nitrogens is 1. The molecule has 0 spiro atoms. The van der Waals surface area contributed by atoms with Gasteiger partial charge in [-0.1, -0.05) is 74.8 Å². The lowest BCUT2D eigenvalue weighted by atomic mass is 9.80. The summed E-state index contributed by atoms with van der Waals surface area (Å²) in [5.41, 5.74) is 4.58. The van der Waals surface area contributed by atoms with Crippen molar-refractivity contribution in [3.63, 3.8) is 0 Å². The fourth-order valence-electron chi connectivity index (χ4n) is 6.36. The standard InChI is InChI=1S/C37H44ClFN4O8/c1-37(2,3)31(34(46)48-4)33(45)41-28(17-22-10-12-23(13-11-22)24-8-6-15-40-18-24)29(44)20-43(19-25-7-5-9-27(38)32(25)39)42-36(47)51-30-21-50-35-26(30)14-16-49-35/h5-13,15,18,26,28-31,35,44H,14,16-17,19-21H2,1-4H3,(H,41,45)(H,42,47). The molecule has 2 amide bonds. The van der Waals surface area contributed by atoms with E-state index in [1.165, 1.54) is 24.3 Å². The van der Waals surface area contributed by atoms with Gasteiger partial charge in [0.25, 0.3) is 0 Å². The molecule has 3 aromatic rings. The Kier molecular flexibility index (Phi) is 12.6. The number of ether oxygens (including phenoxy) is 4. The second-order valence-corrected chi connectivity index (χ2v) is 14.2. The summed E-state index contributed by atoms with van der Waals surface area (Å²) >= 11 is 6.06. The van der Waals surface area contributed by atoms with E-state index in [-0.39, 0.29) is 42.6 Å². The third kappa shape index (κ3) is 9.80. The van der Waals surface area contributed by atoms with Crippen LogP contribution < -0.4 is 10.7 Å². The van der Waals surface area contributed by atoms with Crippen molar-refractivity contribution < 1.29 is 42.8 Å². The van der Waals surface area contributed by atoms with E-state index in [0.29, 0.717) is 13.0 Å². The van der Waals surface area contributed by atoms with Crippen LogP contribution in [0.1, 0.15) is 38.3 Å². The van der Waals surface area contributed by atoms with Crippen molar-refractivity contribution in [1.82, 2.24) is 20.7 Å². The molecule has 2 saturated heterocycles. The van der Waals surface area contributed by atoms with Crippen molar-refractivity contribution in [2.45, 2.75) is 64.7 Å². The topological polar surface area (TPSA) is 149 Å². The molecule has 6 unspecified atom stereocenters. The maximum Gasteiger partial charge on any atom is 0.422 e. The molecule has 12 nitrogen and oxygen atoms in total. The number of halogens is 2. The number of hydrogen-bond acceptors (Lipinski definition) is 10. The Morgan fingerprint density at radius 3 is 2.55 bits per heavy atom. The van der Waals surface area contributed by atoms with Crippen LogP contribution in [0.5, 0.6) is 0 Å². The number of hydrogen-bond donors (Lipinski definition) is 3. The Balaban J connectivity index is 1.39. The van der Waals surface area contributed by atoms with Gasteiger partial charge >= 0.3 is 12.1 Å². The minimum absolute atomic E-state index is 0.109. The van der Waals surface area contributed by atoms with Gasteiger partial charge < -0.3 is 29.4 Å². The molecule has 2 aromatic carbocycles. The number of carbonyl (C=O) groups excluding carboxylic acids is 3. The molecule has 5 rings (SSSR count). The number of nitrogens with zero attached hydrogens (tertiary/aromatic N) is 2. The maximum atomic E-state index is 15.1. The van der Waals surface area contributed by atoms with Gasteiger partial charge in [-0.2, -0.15) is 0 Å². The Morgan fingerprint density at radius 2 is 1.86 bits per heavy atom. The lowest BCUT2D eigenvalue weighted by Gasteiger charge is -2.33. The normalized spacial score (nSPS) is 20.3. The lowest BCUT2D eigenvalue weighted by Crippen LogP contribution is -2.55. The molecule has 0 radical (unpaired) electrons. The molecule has 2 aliphatic rings. The van der Waals surface area contributed by atoms with Crippen LogP contribution in [0.25, 0.3) is 11.1 Å². The van der Waals surface area contributed by atoms with Crippen LogP contribution in [0.3, 0.4) is 0 Å². The zero-order chi connectivity index (χ0) is 36.7. The Hall–Kier alpha value is -4.14. The fourth-order valence-corrected chi connectivity index (χ4v) is 6.56. The average molecular weight is 727 g/mol. The van der Waals surface area contributed by atoms with E-state index in [0.717, 1.165) is 16.7 Å². The third-order valence-electron chi connectivity index (χ3n) is 9.05. The lowest BCUT2D eigenvalue weighted by molar-refractivity contribution is -0.155. The second kappa shape index (κ2) is 16.9. The summed E-state index contributed by atoms with van der Waals surface area (Å²) in [5, 5.41) is 15.8. The number of fused-ring (bicyclic) bond motifs is 1. The van der Waals surface area contributed by atoms with Crippen molar-refractivity contribution in [2.24, 2.45) is 17.3 Å². The Morgan fingerprint density at radius 1 is 1.10 bits per heavy atom. The number of hydrazine groups is 1. The molecule has 274 valence electrons. The zero-order valence-electron chi connectivity index (χ0n) is 29.0. The molecule has 6 atom stereocenters. The van der Waals surface area contributed by atoms with Crippen LogP contribution >= 0.6 is 11.6 Å². The van der Waals surface area contributed by atoms with Gasteiger partial charge in [-0.25, -0.2) is 14.2 Å². The largest absolute Gasteiger partial charge is 0.468 e. The van der Waals surface area contributed by atoms with E-state index in [4.69, 9.17) is 30.5 Å². The first-order chi connectivity index (χ1) is 24.3. The molecule has 14 heteroatoms. The number of carbonyl (C=O) groups is 3. The van der Waals surface area contributed by atoms with Crippen LogP contribution in [0.4, 0.5) is 9.18 Å². The van der Waals surface area contributed by atoms with Crippen molar-refractivity contribution in [3.05, 3.63) is 89.0 Å². The van der Waals surface area contributed by atoms with Crippen LogP contribution in [-0.2, 0) is 41.5 Å². The van der Waals surface area contributed by atoms with Crippen molar-refractivity contribution in [3.8, 4) is 11.1 Å². The molecule has 3 N–H and O–H groups in total. The van der Waals surface area contributed by atoms with E-state index < -0.39 is 59.7 Å². The Labute approximate surface area is 301 Å². The number of benzene rings is 2. The second-order valence-electron chi connectivity index (χ2n) is 13.8. The number of nitrogens with one attached hydrogen (secondary N) is 2. The van der Waals surface area contributed by atoms with Crippen molar-refractivity contribution in [2.75, 3.05) is 26.9 Å². The SMILES string of the molecule is COC(=O)C(C(=O)NC(Cc1ccc(-c2cccnc2)cc1)C(O)CN(Cc1cccc(Cl)c1F)NC(=O)OC1COC2OCCC12)C(C)(C)C. The highest BCUT2D eigenvalue weighted by atomic mass is 35.5. The maximum absolute atomic E-state index is 15.1. The minimum Gasteiger partial charge on any atom is -0.468 e. The quantitative estimate of drug-likeness (QED) is 0.129. The predicted octanol–water partition coefficient (Wildman–Crippen LogP) is 4.67. The molecule has 0 aliphatic carbocycles. The van der Waals surface area contributed by atoms with Crippen LogP contribution in [0.15, 0.2) is 67.0 Å². The van der Waals surface area contributed by atoms with E-state index in [9.17, 15) is 19.5 Å². The summed E-state index contributed by atoms with van der Waals surface area (Å²) in [7, 11) is 1.21. The van der Waals surface area contributed by atoms with Crippen molar-refractivity contribution in [1.29, 1.82) is 0 Å². The van der Waals surface area contributed by atoms with Gasteiger partial charge in [0.05, 0.1) is 43.4 Å². The van der Waals surface area contributed by atoms with Gasteiger partial charge in [-0.15, -0.1) is 0 Å². The monoisotopic (exact) mass is 726 g/mol. The van der Waals surface area contributed by atoms with Gasteiger partial charge in [0, 0.05) is 31.0 Å². The molecule has 2 aliphatic heterocycles. The summed E-state index contributed by atoms with van der Waals surface area (Å²) in [6.07, 6.45) is 1.07. The molecule has 0 bridgehead atoms. The predicted molar refractivity (Wildman–Crippen MR) is 185 cm³/mol. The number of methoxy groups -OCH3 is 1. The zero-order valence-corrected chi connectivity index (χ0v) is 29.8. The van der Waals surface area contributed by atoms with Crippen LogP contribution in [0, 0.1) is 23.1 Å². The van der Waals surface area contributed by atoms with Gasteiger partial charge in [-0.3, -0.25) is 20.0 Å².